The van der Waals surface area contributed by atoms with E-state index in [1.54, 1.807) is 18.2 Å². The molecule has 0 aliphatic heterocycles. The minimum Gasteiger partial charge on any atom is -0.508 e. The maximum absolute atomic E-state index is 12.4. The highest BCUT2D eigenvalue weighted by atomic mass is 79.9. The summed E-state index contributed by atoms with van der Waals surface area (Å²) < 4.78 is 0. The van der Waals surface area contributed by atoms with E-state index in [4.69, 9.17) is 11.6 Å². The van der Waals surface area contributed by atoms with Crippen molar-refractivity contribution < 1.29 is 9.90 Å². The van der Waals surface area contributed by atoms with Gasteiger partial charge in [-0.2, -0.15) is 0 Å². The Kier molecular flexibility index (Phi) is 5.24. The SMILES string of the molecule is O=C(c1ccc(O)cc1)C(Br)C(Br)c1cccc(Cl)c1. The van der Waals surface area contributed by atoms with Crippen molar-refractivity contribution in [1.29, 1.82) is 0 Å². The molecule has 20 heavy (non-hydrogen) atoms. The van der Waals surface area contributed by atoms with Gasteiger partial charge in [-0.3, -0.25) is 4.79 Å². The first-order valence-electron chi connectivity index (χ1n) is 5.86. The number of aromatic hydroxyl groups is 1. The lowest BCUT2D eigenvalue weighted by molar-refractivity contribution is 0.0991. The van der Waals surface area contributed by atoms with Crippen LogP contribution in [0.25, 0.3) is 0 Å². The van der Waals surface area contributed by atoms with Crippen molar-refractivity contribution in [3.05, 3.63) is 64.7 Å². The monoisotopic (exact) mass is 416 g/mol. The maximum Gasteiger partial charge on any atom is 0.177 e. The lowest BCUT2D eigenvalue weighted by Crippen LogP contribution is -2.19. The second-order valence-electron chi connectivity index (χ2n) is 4.27. The van der Waals surface area contributed by atoms with Crippen molar-refractivity contribution in [2.45, 2.75) is 9.65 Å². The Hall–Kier alpha value is -0.840. The fourth-order valence-corrected chi connectivity index (χ4v) is 3.06. The minimum atomic E-state index is -0.425. The molecule has 0 heterocycles. The van der Waals surface area contributed by atoms with Crippen LogP contribution in [0.3, 0.4) is 0 Å². The first kappa shape index (κ1) is 15.5. The van der Waals surface area contributed by atoms with Crippen LogP contribution in [0.15, 0.2) is 48.5 Å². The Morgan fingerprint density at radius 2 is 1.75 bits per heavy atom. The zero-order valence-corrected chi connectivity index (χ0v) is 14.2. The summed E-state index contributed by atoms with van der Waals surface area (Å²) in [5.74, 6) is 0.0738. The summed E-state index contributed by atoms with van der Waals surface area (Å²) in [4.78, 5) is 11.7. The number of halogens is 3. The molecule has 5 heteroatoms. The number of benzene rings is 2. The Balaban J connectivity index is 2.20. The number of phenols is 1. The second kappa shape index (κ2) is 6.74. The molecule has 2 unspecified atom stereocenters. The van der Waals surface area contributed by atoms with Crippen LogP contribution in [-0.2, 0) is 0 Å². The van der Waals surface area contributed by atoms with Gasteiger partial charge in [0.25, 0.3) is 0 Å². The molecular formula is C15H11Br2ClO2. The van der Waals surface area contributed by atoms with Crippen LogP contribution >= 0.6 is 43.5 Å². The van der Waals surface area contributed by atoms with Crippen molar-refractivity contribution in [3.63, 3.8) is 0 Å². The van der Waals surface area contributed by atoms with Gasteiger partial charge in [-0.25, -0.2) is 0 Å². The molecule has 2 atom stereocenters. The molecule has 2 nitrogen and oxygen atoms in total. The third-order valence-corrected chi connectivity index (χ3v) is 5.77. The Morgan fingerprint density at radius 1 is 1.10 bits per heavy atom. The van der Waals surface area contributed by atoms with Crippen molar-refractivity contribution in [2.24, 2.45) is 0 Å². The molecule has 0 aromatic heterocycles. The summed E-state index contributed by atoms with van der Waals surface area (Å²) in [6, 6.07) is 13.5. The van der Waals surface area contributed by atoms with E-state index in [-0.39, 0.29) is 16.4 Å². The molecule has 0 aliphatic rings. The fraction of sp³-hybridized carbons (Fsp3) is 0.133. The van der Waals surface area contributed by atoms with Crippen molar-refractivity contribution in [1.82, 2.24) is 0 Å². The number of alkyl halides is 2. The zero-order valence-electron chi connectivity index (χ0n) is 10.3. The minimum absolute atomic E-state index is 0.0631. The summed E-state index contributed by atoms with van der Waals surface area (Å²) in [7, 11) is 0. The van der Waals surface area contributed by atoms with Crippen LogP contribution in [0.1, 0.15) is 20.7 Å². The summed E-state index contributed by atoms with van der Waals surface area (Å²) in [5.41, 5.74) is 1.46. The highest BCUT2D eigenvalue weighted by molar-refractivity contribution is 9.12. The van der Waals surface area contributed by atoms with Gasteiger partial charge < -0.3 is 5.11 Å². The molecule has 0 bridgehead atoms. The van der Waals surface area contributed by atoms with Gasteiger partial charge in [0.1, 0.15) is 5.75 Å². The highest BCUT2D eigenvalue weighted by Gasteiger charge is 2.26. The number of carbonyl (C=O) groups excluding carboxylic acids is 1. The van der Waals surface area contributed by atoms with Crippen LogP contribution in [-0.4, -0.2) is 15.7 Å². The molecule has 0 fully saturated rings. The third kappa shape index (κ3) is 3.62. The molecular weight excluding hydrogens is 407 g/mol. The average Bonchev–Trinajstić information content (AvgIpc) is 2.46. The molecule has 0 amide bonds. The number of hydrogen-bond acceptors (Lipinski definition) is 2. The first-order chi connectivity index (χ1) is 9.49. The van der Waals surface area contributed by atoms with Gasteiger partial charge in [0.05, 0.1) is 9.65 Å². The van der Waals surface area contributed by atoms with Crippen LogP contribution in [0, 0.1) is 0 Å². The number of hydrogen-bond donors (Lipinski definition) is 1. The molecule has 2 aromatic rings. The van der Waals surface area contributed by atoms with Gasteiger partial charge >= 0.3 is 0 Å². The summed E-state index contributed by atoms with van der Waals surface area (Å²) in [5, 5.41) is 9.88. The number of Topliss-reactive ketones (excluding diaryl/α,β-unsaturated/α-hetero) is 1. The Labute approximate surface area is 139 Å². The molecule has 2 aromatic carbocycles. The standard InChI is InChI=1S/C15H11Br2ClO2/c16-13(10-2-1-3-11(18)8-10)14(17)15(20)9-4-6-12(19)7-5-9/h1-8,13-14,19H. The van der Waals surface area contributed by atoms with E-state index in [0.717, 1.165) is 5.56 Å². The van der Waals surface area contributed by atoms with Crippen LogP contribution in [0.4, 0.5) is 0 Å². The van der Waals surface area contributed by atoms with E-state index in [1.165, 1.54) is 12.1 Å². The zero-order chi connectivity index (χ0) is 14.7. The average molecular weight is 419 g/mol. The van der Waals surface area contributed by atoms with Gasteiger partial charge in [-0.15, -0.1) is 0 Å². The molecule has 0 spiro atoms. The van der Waals surface area contributed by atoms with E-state index in [0.29, 0.717) is 10.6 Å². The molecule has 1 N–H and O–H groups in total. The molecule has 0 saturated carbocycles. The number of phenolic OH excluding ortho intramolecular Hbond substituents is 1. The molecule has 0 saturated heterocycles. The van der Waals surface area contributed by atoms with Gasteiger partial charge in [0, 0.05) is 10.6 Å². The van der Waals surface area contributed by atoms with E-state index in [9.17, 15) is 9.90 Å². The van der Waals surface area contributed by atoms with Gasteiger partial charge in [0.2, 0.25) is 0 Å². The predicted molar refractivity (Wildman–Crippen MR) is 88.3 cm³/mol. The van der Waals surface area contributed by atoms with Crippen molar-refractivity contribution >= 4 is 49.2 Å². The van der Waals surface area contributed by atoms with E-state index < -0.39 is 4.83 Å². The maximum atomic E-state index is 12.4. The lowest BCUT2D eigenvalue weighted by atomic mass is 10.0. The van der Waals surface area contributed by atoms with E-state index >= 15 is 0 Å². The number of carbonyl (C=O) groups is 1. The van der Waals surface area contributed by atoms with Gasteiger partial charge in [0.15, 0.2) is 5.78 Å². The summed E-state index contributed by atoms with van der Waals surface area (Å²) >= 11 is 12.9. The Bertz CT molecular complexity index is 614. The fourth-order valence-electron chi connectivity index (χ4n) is 1.76. The third-order valence-electron chi connectivity index (χ3n) is 2.83. The number of rotatable bonds is 4. The normalized spacial score (nSPS) is 13.8. The van der Waals surface area contributed by atoms with Crippen LogP contribution in [0.5, 0.6) is 5.75 Å². The molecule has 104 valence electrons. The Morgan fingerprint density at radius 3 is 2.35 bits per heavy atom. The second-order valence-corrected chi connectivity index (χ2v) is 6.68. The van der Waals surface area contributed by atoms with Gasteiger partial charge in [-0.1, -0.05) is 55.6 Å². The molecule has 2 rings (SSSR count). The predicted octanol–water partition coefficient (Wildman–Crippen LogP) is 5.13. The van der Waals surface area contributed by atoms with Crippen LogP contribution < -0.4 is 0 Å². The molecule has 0 aliphatic carbocycles. The largest absolute Gasteiger partial charge is 0.508 e. The number of ketones is 1. The quantitative estimate of drug-likeness (QED) is 0.552. The smallest absolute Gasteiger partial charge is 0.177 e. The summed E-state index contributed by atoms with van der Waals surface area (Å²) in [6.45, 7) is 0. The van der Waals surface area contributed by atoms with E-state index in [2.05, 4.69) is 31.9 Å². The lowest BCUT2D eigenvalue weighted by Gasteiger charge is -2.16. The van der Waals surface area contributed by atoms with E-state index in [1.807, 2.05) is 18.2 Å². The van der Waals surface area contributed by atoms with Gasteiger partial charge in [-0.05, 0) is 42.0 Å². The van der Waals surface area contributed by atoms with Crippen molar-refractivity contribution in [2.75, 3.05) is 0 Å². The molecule has 0 radical (unpaired) electrons. The topological polar surface area (TPSA) is 37.3 Å². The highest BCUT2D eigenvalue weighted by Crippen LogP contribution is 2.34. The summed E-state index contributed by atoms with van der Waals surface area (Å²) in [6.07, 6.45) is 0. The first-order valence-corrected chi connectivity index (χ1v) is 8.07. The van der Waals surface area contributed by atoms with Crippen molar-refractivity contribution in [3.8, 4) is 5.75 Å². The van der Waals surface area contributed by atoms with Crippen LogP contribution in [0.2, 0.25) is 5.02 Å².